The van der Waals surface area contributed by atoms with Crippen molar-refractivity contribution in [1.29, 1.82) is 0 Å². The highest BCUT2D eigenvalue weighted by atomic mass is 16.4. The molecule has 0 amide bonds. The van der Waals surface area contributed by atoms with Crippen LogP contribution in [0.25, 0.3) is 0 Å². The molecule has 0 saturated carbocycles. The number of carboxylic acid groups (broad SMARTS) is 2. The lowest BCUT2D eigenvalue weighted by atomic mass is 10.1. The van der Waals surface area contributed by atoms with Crippen molar-refractivity contribution < 1.29 is 24.6 Å². The molecule has 8 nitrogen and oxygen atoms in total. The van der Waals surface area contributed by atoms with Gasteiger partial charge in [-0.25, -0.2) is 14.6 Å². The average Bonchev–Trinajstić information content (AvgIpc) is 2.59. The molecule has 0 unspecified atom stereocenters. The van der Waals surface area contributed by atoms with Gasteiger partial charge in [-0.2, -0.15) is 0 Å². The number of carbonyl (C=O) groups excluding carboxylic acids is 1. The maximum Gasteiger partial charge on any atom is 0.337 e. The van der Waals surface area contributed by atoms with Gasteiger partial charge >= 0.3 is 11.9 Å². The van der Waals surface area contributed by atoms with E-state index in [4.69, 9.17) is 0 Å². The van der Waals surface area contributed by atoms with E-state index in [1.807, 2.05) is 0 Å². The van der Waals surface area contributed by atoms with Crippen LogP contribution in [-0.2, 0) is 4.79 Å². The number of aliphatic imine (C=N–C) groups is 1. The summed E-state index contributed by atoms with van der Waals surface area (Å²) in [7, 11) is 0. The Kier molecular flexibility index (Phi) is 5.69. The van der Waals surface area contributed by atoms with E-state index >= 15 is 0 Å². The minimum atomic E-state index is -1.17. The molecule has 2 rings (SSSR count). The molecule has 0 heterocycles. The molecular weight excluding hydrogens is 338 g/mol. The molecule has 0 aromatic heterocycles. The van der Waals surface area contributed by atoms with Gasteiger partial charge in [-0.1, -0.05) is 24.3 Å². The van der Waals surface area contributed by atoms with Crippen molar-refractivity contribution >= 4 is 34.9 Å². The van der Waals surface area contributed by atoms with Crippen LogP contribution in [0.5, 0.6) is 0 Å². The molecular formula is C18H17N3O5. The van der Waals surface area contributed by atoms with Crippen molar-refractivity contribution in [3.63, 3.8) is 0 Å². The van der Waals surface area contributed by atoms with Crippen LogP contribution in [0.3, 0.4) is 0 Å². The molecule has 0 atom stereocenters. The number of aryl methyl sites for hydroxylation is 1. The number of ketones is 1. The van der Waals surface area contributed by atoms with E-state index in [2.05, 4.69) is 15.8 Å². The van der Waals surface area contributed by atoms with Gasteiger partial charge in [0.1, 0.15) is 0 Å². The van der Waals surface area contributed by atoms with Crippen molar-refractivity contribution in [3.8, 4) is 0 Å². The van der Waals surface area contributed by atoms with Gasteiger partial charge in [0.05, 0.1) is 22.5 Å². The largest absolute Gasteiger partial charge is 0.478 e. The Labute approximate surface area is 149 Å². The molecule has 4 N–H and O–H groups in total. The summed E-state index contributed by atoms with van der Waals surface area (Å²) in [6.07, 6.45) is 0. The van der Waals surface area contributed by atoms with E-state index in [1.165, 1.54) is 25.1 Å². The number of amidine groups is 1. The average molecular weight is 355 g/mol. The third kappa shape index (κ3) is 4.23. The SMILES string of the molecule is CC(=O)C(=Nc1c(C)cccc1C(=O)O)NNc1ccccc1C(=O)O. The number of aromatic carboxylic acids is 2. The summed E-state index contributed by atoms with van der Waals surface area (Å²) in [6, 6.07) is 10.8. The first kappa shape index (κ1) is 18.7. The summed E-state index contributed by atoms with van der Waals surface area (Å²) >= 11 is 0. The number of hydrogen-bond donors (Lipinski definition) is 4. The smallest absolute Gasteiger partial charge is 0.337 e. The maximum atomic E-state index is 11.9. The second-order valence-corrected chi connectivity index (χ2v) is 5.39. The Morgan fingerprint density at radius 2 is 1.54 bits per heavy atom. The van der Waals surface area contributed by atoms with Crippen molar-refractivity contribution in [2.45, 2.75) is 13.8 Å². The molecule has 0 saturated heterocycles. The molecule has 26 heavy (non-hydrogen) atoms. The number of carbonyl (C=O) groups is 3. The number of rotatable bonds is 6. The second kappa shape index (κ2) is 7.93. The molecule has 0 aliphatic rings. The van der Waals surface area contributed by atoms with E-state index in [0.717, 1.165) is 0 Å². The summed E-state index contributed by atoms with van der Waals surface area (Å²) in [5.41, 5.74) is 6.12. The highest BCUT2D eigenvalue weighted by Crippen LogP contribution is 2.24. The van der Waals surface area contributed by atoms with Crippen molar-refractivity contribution in [3.05, 3.63) is 59.2 Å². The Hall–Kier alpha value is -3.68. The van der Waals surface area contributed by atoms with Gasteiger partial charge in [0.2, 0.25) is 0 Å². The second-order valence-electron chi connectivity index (χ2n) is 5.39. The third-order valence-electron chi connectivity index (χ3n) is 3.50. The number of para-hydroxylation sites is 2. The molecule has 0 radical (unpaired) electrons. The van der Waals surface area contributed by atoms with Gasteiger partial charge < -0.3 is 10.2 Å². The van der Waals surface area contributed by atoms with E-state index < -0.39 is 17.7 Å². The monoisotopic (exact) mass is 355 g/mol. The summed E-state index contributed by atoms with van der Waals surface area (Å²) < 4.78 is 0. The molecule has 134 valence electrons. The van der Waals surface area contributed by atoms with Crippen molar-refractivity contribution in [2.75, 3.05) is 5.43 Å². The number of carboxylic acids is 2. The van der Waals surface area contributed by atoms with Gasteiger partial charge in [-0.15, -0.1) is 0 Å². The van der Waals surface area contributed by atoms with E-state index in [1.54, 1.807) is 31.2 Å². The lowest BCUT2D eigenvalue weighted by Gasteiger charge is -2.13. The van der Waals surface area contributed by atoms with Crippen molar-refractivity contribution in [1.82, 2.24) is 5.43 Å². The van der Waals surface area contributed by atoms with Crippen molar-refractivity contribution in [2.24, 2.45) is 4.99 Å². The molecule has 2 aromatic rings. The zero-order valence-electron chi connectivity index (χ0n) is 14.1. The fraction of sp³-hybridized carbons (Fsp3) is 0.111. The van der Waals surface area contributed by atoms with Crippen LogP contribution in [-0.4, -0.2) is 33.8 Å². The van der Waals surface area contributed by atoms with E-state index in [0.29, 0.717) is 5.56 Å². The topological polar surface area (TPSA) is 128 Å². The van der Waals surface area contributed by atoms with E-state index in [9.17, 15) is 24.6 Å². The first-order valence-corrected chi connectivity index (χ1v) is 7.58. The Bertz CT molecular complexity index is 905. The standard InChI is InChI=1S/C18H17N3O5/c1-10-6-5-8-13(18(25)26)15(10)19-16(11(2)22)21-20-14-9-4-3-7-12(14)17(23)24/h3-9,20H,1-2H3,(H,19,21)(H,23,24)(H,25,26). The maximum absolute atomic E-state index is 11.9. The number of hydrazine groups is 1. The van der Waals surface area contributed by atoms with Crippen LogP contribution in [0, 0.1) is 6.92 Å². The zero-order chi connectivity index (χ0) is 19.3. The Balaban J connectivity index is 2.37. The van der Waals surface area contributed by atoms with Gasteiger partial charge in [0.15, 0.2) is 11.6 Å². The predicted molar refractivity (Wildman–Crippen MR) is 96.1 cm³/mol. The third-order valence-corrected chi connectivity index (χ3v) is 3.50. The number of benzene rings is 2. The molecule has 2 aromatic carbocycles. The van der Waals surface area contributed by atoms with Crippen LogP contribution < -0.4 is 10.9 Å². The Morgan fingerprint density at radius 3 is 2.15 bits per heavy atom. The normalized spacial score (nSPS) is 10.9. The fourth-order valence-electron chi connectivity index (χ4n) is 2.19. The first-order chi connectivity index (χ1) is 12.3. The number of hydrogen-bond acceptors (Lipinski definition) is 5. The molecule has 0 bridgehead atoms. The number of nitrogens with zero attached hydrogens (tertiary/aromatic N) is 1. The summed E-state index contributed by atoms with van der Waals surface area (Å²) in [6.45, 7) is 2.94. The predicted octanol–water partition coefficient (Wildman–Crippen LogP) is 2.63. The summed E-state index contributed by atoms with van der Waals surface area (Å²) in [4.78, 5) is 38.6. The number of nitrogens with one attached hydrogen (secondary N) is 2. The minimum absolute atomic E-state index is 0.00465. The van der Waals surface area contributed by atoms with Gasteiger partial charge in [0.25, 0.3) is 0 Å². The first-order valence-electron chi connectivity index (χ1n) is 7.58. The molecule has 0 aliphatic heterocycles. The van der Waals surface area contributed by atoms with E-state index in [-0.39, 0.29) is 28.3 Å². The minimum Gasteiger partial charge on any atom is -0.478 e. The fourth-order valence-corrected chi connectivity index (χ4v) is 2.19. The van der Waals surface area contributed by atoms with Crippen LogP contribution in [0.15, 0.2) is 47.5 Å². The van der Waals surface area contributed by atoms with Gasteiger partial charge in [0, 0.05) is 6.92 Å². The number of anilines is 1. The van der Waals surface area contributed by atoms with Gasteiger partial charge in [-0.3, -0.25) is 15.6 Å². The molecule has 0 aliphatic carbocycles. The zero-order valence-corrected chi connectivity index (χ0v) is 14.1. The molecule has 8 heteroatoms. The lowest BCUT2D eigenvalue weighted by Crippen LogP contribution is -2.35. The highest BCUT2D eigenvalue weighted by Gasteiger charge is 2.15. The molecule has 0 fully saturated rings. The van der Waals surface area contributed by atoms with Crippen LogP contribution >= 0.6 is 0 Å². The van der Waals surface area contributed by atoms with Crippen LogP contribution in [0.4, 0.5) is 11.4 Å². The van der Waals surface area contributed by atoms with Crippen LogP contribution in [0.2, 0.25) is 0 Å². The molecule has 0 spiro atoms. The quantitative estimate of drug-likeness (QED) is 0.356. The van der Waals surface area contributed by atoms with Crippen LogP contribution in [0.1, 0.15) is 33.2 Å². The summed E-state index contributed by atoms with van der Waals surface area (Å²) in [5, 5.41) is 18.5. The highest BCUT2D eigenvalue weighted by molar-refractivity contribution is 6.38. The summed E-state index contributed by atoms with van der Waals surface area (Å²) in [5.74, 6) is -2.91. The lowest BCUT2D eigenvalue weighted by molar-refractivity contribution is -0.111. The number of Topliss-reactive ketones (excluding diaryl/α,β-unsaturated/α-hetero) is 1. The Morgan fingerprint density at radius 1 is 0.923 bits per heavy atom. The van der Waals surface area contributed by atoms with Gasteiger partial charge in [-0.05, 0) is 30.7 Å².